The predicted molar refractivity (Wildman–Crippen MR) is 72.4 cm³/mol. The molecule has 1 unspecified atom stereocenters. The van der Waals surface area contributed by atoms with Crippen LogP contribution in [0.2, 0.25) is 0 Å². The molecule has 1 atom stereocenters. The molecule has 0 heterocycles. The second-order valence-corrected chi connectivity index (χ2v) is 5.03. The second-order valence-electron chi connectivity index (χ2n) is 4.72. The first-order valence-corrected chi connectivity index (χ1v) is 6.48. The lowest BCUT2D eigenvalue weighted by Gasteiger charge is -2.26. The molecular weight excluding hydrogens is 234 g/mol. The summed E-state index contributed by atoms with van der Waals surface area (Å²) in [6.07, 6.45) is 0.847. The summed E-state index contributed by atoms with van der Waals surface area (Å²) in [6, 6.07) is 9.84. The monoisotopic (exact) mass is 253 g/mol. The molecule has 1 aromatic rings. The van der Waals surface area contributed by atoms with Gasteiger partial charge in [-0.1, -0.05) is 37.3 Å². The Morgan fingerprint density at radius 2 is 1.94 bits per heavy atom. The average Bonchev–Trinajstić information content (AvgIpc) is 2.36. The van der Waals surface area contributed by atoms with Gasteiger partial charge in [0.15, 0.2) is 0 Å². The van der Waals surface area contributed by atoms with Crippen molar-refractivity contribution in [2.75, 3.05) is 5.88 Å². The summed E-state index contributed by atoms with van der Waals surface area (Å²) in [4.78, 5) is 12.2. The SMILES string of the molecule is CCC(CCl)NC(=O)C(C)(C)c1ccccc1. The van der Waals surface area contributed by atoms with Crippen molar-refractivity contribution in [2.45, 2.75) is 38.6 Å². The summed E-state index contributed by atoms with van der Waals surface area (Å²) in [5, 5.41) is 2.98. The molecule has 1 rings (SSSR count). The van der Waals surface area contributed by atoms with E-state index in [2.05, 4.69) is 5.32 Å². The highest BCUT2D eigenvalue weighted by molar-refractivity contribution is 6.18. The third-order valence-electron chi connectivity index (χ3n) is 3.08. The van der Waals surface area contributed by atoms with E-state index in [-0.39, 0.29) is 11.9 Å². The van der Waals surface area contributed by atoms with Crippen molar-refractivity contribution in [3.05, 3.63) is 35.9 Å². The highest BCUT2D eigenvalue weighted by atomic mass is 35.5. The highest BCUT2D eigenvalue weighted by Gasteiger charge is 2.30. The minimum absolute atomic E-state index is 0.0243. The Morgan fingerprint density at radius 1 is 1.35 bits per heavy atom. The van der Waals surface area contributed by atoms with Crippen molar-refractivity contribution in [2.24, 2.45) is 0 Å². The van der Waals surface area contributed by atoms with Gasteiger partial charge >= 0.3 is 0 Å². The van der Waals surface area contributed by atoms with E-state index < -0.39 is 5.41 Å². The first kappa shape index (κ1) is 14.0. The summed E-state index contributed by atoms with van der Waals surface area (Å²) < 4.78 is 0. The molecule has 1 amide bonds. The van der Waals surface area contributed by atoms with Crippen LogP contribution in [-0.4, -0.2) is 17.8 Å². The molecule has 94 valence electrons. The fourth-order valence-corrected chi connectivity index (χ4v) is 1.90. The van der Waals surface area contributed by atoms with Crippen LogP contribution in [0.25, 0.3) is 0 Å². The third kappa shape index (κ3) is 3.47. The Hall–Kier alpha value is -1.02. The van der Waals surface area contributed by atoms with Crippen molar-refractivity contribution in [1.29, 1.82) is 0 Å². The maximum absolute atomic E-state index is 12.2. The third-order valence-corrected chi connectivity index (χ3v) is 3.45. The maximum atomic E-state index is 12.2. The van der Waals surface area contributed by atoms with E-state index in [0.29, 0.717) is 5.88 Å². The van der Waals surface area contributed by atoms with Gasteiger partial charge < -0.3 is 5.32 Å². The topological polar surface area (TPSA) is 29.1 Å². The van der Waals surface area contributed by atoms with Gasteiger partial charge in [0.05, 0.1) is 5.41 Å². The van der Waals surface area contributed by atoms with Crippen molar-refractivity contribution >= 4 is 17.5 Å². The van der Waals surface area contributed by atoms with Gasteiger partial charge in [-0.2, -0.15) is 0 Å². The van der Waals surface area contributed by atoms with Crippen LogP contribution in [0.4, 0.5) is 0 Å². The molecule has 17 heavy (non-hydrogen) atoms. The molecule has 0 aliphatic rings. The molecular formula is C14H20ClNO. The van der Waals surface area contributed by atoms with E-state index in [0.717, 1.165) is 12.0 Å². The number of halogens is 1. The van der Waals surface area contributed by atoms with Crippen LogP contribution in [0, 0.1) is 0 Å². The molecule has 1 aromatic carbocycles. The highest BCUT2D eigenvalue weighted by Crippen LogP contribution is 2.23. The van der Waals surface area contributed by atoms with E-state index in [4.69, 9.17) is 11.6 Å². The number of amides is 1. The molecule has 2 nitrogen and oxygen atoms in total. The van der Waals surface area contributed by atoms with Crippen molar-refractivity contribution in [1.82, 2.24) is 5.32 Å². The van der Waals surface area contributed by atoms with Gasteiger partial charge in [-0.3, -0.25) is 4.79 Å². The largest absolute Gasteiger partial charge is 0.351 e. The van der Waals surface area contributed by atoms with E-state index in [1.54, 1.807) is 0 Å². The van der Waals surface area contributed by atoms with Crippen LogP contribution in [0.15, 0.2) is 30.3 Å². The first-order valence-electron chi connectivity index (χ1n) is 5.94. The Kier molecular flexibility index (Phi) is 5.01. The molecule has 0 fully saturated rings. The molecule has 3 heteroatoms. The van der Waals surface area contributed by atoms with Crippen LogP contribution in [0.3, 0.4) is 0 Å². The van der Waals surface area contributed by atoms with Crippen molar-refractivity contribution < 1.29 is 4.79 Å². The lowest BCUT2D eigenvalue weighted by atomic mass is 9.83. The van der Waals surface area contributed by atoms with E-state index >= 15 is 0 Å². The zero-order valence-electron chi connectivity index (χ0n) is 10.7. The molecule has 0 radical (unpaired) electrons. The zero-order chi connectivity index (χ0) is 12.9. The van der Waals surface area contributed by atoms with Gasteiger partial charge in [0.1, 0.15) is 0 Å². The lowest BCUT2D eigenvalue weighted by Crippen LogP contribution is -2.45. The smallest absolute Gasteiger partial charge is 0.230 e. The minimum Gasteiger partial charge on any atom is -0.351 e. The Labute approximate surface area is 108 Å². The minimum atomic E-state index is -0.527. The van der Waals surface area contributed by atoms with Gasteiger partial charge in [0.2, 0.25) is 5.91 Å². The van der Waals surface area contributed by atoms with E-state index in [1.165, 1.54) is 0 Å². The van der Waals surface area contributed by atoms with E-state index in [9.17, 15) is 4.79 Å². The summed E-state index contributed by atoms with van der Waals surface area (Å²) in [5.74, 6) is 0.476. The summed E-state index contributed by atoms with van der Waals surface area (Å²) in [5.41, 5.74) is 0.489. The Bertz CT molecular complexity index is 358. The van der Waals surface area contributed by atoms with Crippen LogP contribution >= 0.6 is 11.6 Å². The van der Waals surface area contributed by atoms with Crippen LogP contribution < -0.4 is 5.32 Å². The number of carbonyl (C=O) groups excluding carboxylic acids is 1. The number of hydrogen-bond donors (Lipinski definition) is 1. The molecule has 0 spiro atoms. The van der Waals surface area contributed by atoms with Crippen molar-refractivity contribution in [3.63, 3.8) is 0 Å². The first-order chi connectivity index (χ1) is 8.02. The molecule has 0 saturated carbocycles. The fourth-order valence-electron chi connectivity index (χ4n) is 1.60. The predicted octanol–water partition coefficient (Wildman–Crippen LogP) is 3.10. The zero-order valence-corrected chi connectivity index (χ0v) is 11.4. The van der Waals surface area contributed by atoms with Crippen LogP contribution in [-0.2, 0) is 10.2 Å². The molecule has 0 saturated heterocycles. The number of carbonyl (C=O) groups is 1. The number of rotatable bonds is 5. The van der Waals surface area contributed by atoms with Gasteiger partial charge in [0, 0.05) is 11.9 Å². The normalized spacial score (nSPS) is 13.2. The van der Waals surface area contributed by atoms with Gasteiger partial charge in [0.25, 0.3) is 0 Å². The molecule has 0 aliphatic carbocycles. The fraction of sp³-hybridized carbons (Fsp3) is 0.500. The number of alkyl halides is 1. The van der Waals surface area contributed by atoms with Gasteiger partial charge in [-0.25, -0.2) is 0 Å². The molecule has 1 N–H and O–H groups in total. The second kappa shape index (κ2) is 6.06. The molecule has 0 bridgehead atoms. The number of hydrogen-bond acceptors (Lipinski definition) is 1. The van der Waals surface area contributed by atoms with E-state index in [1.807, 2.05) is 51.1 Å². The van der Waals surface area contributed by atoms with Gasteiger partial charge in [-0.05, 0) is 25.8 Å². The van der Waals surface area contributed by atoms with Crippen LogP contribution in [0.1, 0.15) is 32.8 Å². The van der Waals surface area contributed by atoms with Gasteiger partial charge in [-0.15, -0.1) is 11.6 Å². The average molecular weight is 254 g/mol. The number of benzene rings is 1. The quantitative estimate of drug-likeness (QED) is 0.803. The molecule has 0 aliphatic heterocycles. The summed E-state index contributed by atoms with van der Waals surface area (Å²) in [7, 11) is 0. The lowest BCUT2D eigenvalue weighted by molar-refractivity contribution is -0.126. The van der Waals surface area contributed by atoms with Crippen molar-refractivity contribution in [3.8, 4) is 0 Å². The molecule has 0 aromatic heterocycles. The van der Waals surface area contributed by atoms with Crippen LogP contribution in [0.5, 0.6) is 0 Å². The number of nitrogens with one attached hydrogen (secondary N) is 1. The standard InChI is InChI=1S/C14H20ClNO/c1-4-12(10-15)16-13(17)14(2,3)11-8-6-5-7-9-11/h5-9,12H,4,10H2,1-3H3,(H,16,17). The Morgan fingerprint density at radius 3 is 2.41 bits per heavy atom. The maximum Gasteiger partial charge on any atom is 0.230 e. The summed E-state index contributed by atoms with van der Waals surface area (Å²) in [6.45, 7) is 5.88. The Balaban J connectivity index is 2.80. The summed E-state index contributed by atoms with van der Waals surface area (Å²) >= 11 is 5.79.